The molecule has 149 valence electrons. The van der Waals surface area contributed by atoms with Crippen LogP contribution in [0.2, 0.25) is 5.02 Å². The fraction of sp³-hybridized carbons (Fsp3) is 0.100. The van der Waals surface area contributed by atoms with Crippen LogP contribution >= 0.6 is 11.6 Å². The number of anilines is 2. The van der Waals surface area contributed by atoms with E-state index >= 15 is 0 Å². The maximum Gasteiger partial charge on any atom is 0.417 e. The molecule has 0 aliphatic carbocycles. The van der Waals surface area contributed by atoms with Gasteiger partial charge in [0.2, 0.25) is 0 Å². The van der Waals surface area contributed by atoms with Crippen LogP contribution in [0.25, 0.3) is 0 Å². The molecule has 0 spiro atoms. The highest BCUT2D eigenvalue weighted by atomic mass is 35.5. The Labute approximate surface area is 169 Å². The van der Waals surface area contributed by atoms with Gasteiger partial charge in [0.25, 0.3) is 5.91 Å². The highest BCUT2D eigenvalue weighted by Crippen LogP contribution is 2.38. The standard InChI is InChI=1S/C20H14ClF3N3O2/c1-11-8-14(6-7-26-11)29-18-9-12(19(25)28)2-5-17(18)27-13-3-4-16(21)15(10-13)20(22,23)24/h2-10,25,27H,1H3. The second-order valence-corrected chi connectivity index (χ2v) is 6.50. The van der Waals surface area contributed by atoms with Crippen molar-refractivity contribution < 1.29 is 22.7 Å². The highest BCUT2D eigenvalue weighted by Gasteiger charge is 2.33. The molecule has 9 heteroatoms. The van der Waals surface area contributed by atoms with Crippen LogP contribution in [0.3, 0.4) is 0 Å². The van der Waals surface area contributed by atoms with E-state index in [-0.39, 0.29) is 17.0 Å². The van der Waals surface area contributed by atoms with Crippen LogP contribution < -0.4 is 15.8 Å². The summed E-state index contributed by atoms with van der Waals surface area (Å²) in [6.07, 6.45) is -3.07. The normalized spacial score (nSPS) is 11.2. The van der Waals surface area contributed by atoms with Gasteiger partial charge in [-0.05, 0) is 49.4 Å². The Balaban J connectivity index is 2.00. The summed E-state index contributed by atoms with van der Waals surface area (Å²) in [6, 6.07) is 10.8. The first-order valence-electron chi connectivity index (χ1n) is 8.28. The van der Waals surface area contributed by atoms with Crippen molar-refractivity contribution in [3.05, 3.63) is 76.6 Å². The number of halogens is 4. The monoisotopic (exact) mass is 420 g/mol. The summed E-state index contributed by atoms with van der Waals surface area (Å²) in [7, 11) is 0. The lowest BCUT2D eigenvalue weighted by atomic mass is 10.1. The predicted octanol–water partition coefficient (Wildman–Crippen LogP) is 6.02. The number of hydrogen-bond acceptors (Lipinski definition) is 4. The summed E-state index contributed by atoms with van der Waals surface area (Å²) >= 11 is 5.66. The van der Waals surface area contributed by atoms with Crippen molar-refractivity contribution >= 4 is 28.9 Å². The van der Waals surface area contributed by atoms with E-state index in [1.165, 1.54) is 30.5 Å². The Morgan fingerprint density at radius 2 is 1.90 bits per heavy atom. The van der Waals surface area contributed by atoms with Gasteiger partial charge in [-0.3, -0.25) is 15.5 Å². The minimum absolute atomic E-state index is 0.0726. The molecule has 0 saturated carbocycles. The van der Waals surface area contributed by atoms with E-state index in [1.54, 1.807) is 19.1 Å². The number of hydrogen-bond donors (Lipinski definition) is 1. The van der Waals surface area contributed by atoms with Gasteiger partial charge in [-0.2, -0.15) is 13.2 Å². The van der Waals surface area contributed by atoms with Crippen LogP contribution in [-0.2, 0) is 6.18 Å². The number of alkyl halides is 3. The van der Waals surface area contributed by atoms with E-state index in [0.29, 0.717) is 17.1 Å². The van der Waals surface area contributed by atoms with Crippen molar-refractivity contribution in [3.8, 4) is 11.5 Å². The topological polar surface area (TPSA) is 75.0 Å². The third-order valence-corrected chi connectivity index (χ3v) is 4.22. The van der Waals surface area contributed by atoms with E-state index in [9.17, 15) is 18.0 Å². The Kier molecular flexibility index (Phi) is 5.65. The van der Waals surface area contributed by atoms with Crippen LogP contribution in [0.1, 0.15) is 21.6 Å². The molecule has 0 bridgehead atoms. The number of carbonyl (C=O) groups excluding carboxylic acids is 1. The molecular formula is C20H14ClF3N3O2. The van der Waals surface area contributed by atoms with Gasteiger partial charge in [-0.15, -0.1) is 0 Å². The van der Waals surface area contributed by atoms with Crippen LogP contribution in [0.4, 0.5) is 24.5 Å². The summed E-state index contributed by atoms with van der Waals surface area (Å²) in [5.41, 5.74) is 7.50. The summed E-state index contributed by atoms with van der Waals surface area (Å²) in [6.45, 7) is 1.77. The number of amides is 1. The fourth-order valence-electron chi connectivity index (χ4n) is 2.54. The van der Waals surface area contributed by atoms with Gasteiger partial charge in [0, 0.05) is 29.2 Å². The van der Waals surface area contributed by atoms with E-state index in [4.69, 9.17) is 22.1 Å². The molecule has 3 rings (SSSR count). The van der Waals surface area contributed by atoms with Gasteiger partial charge in [0.1, 0.15) is 5.75 Å². The minimum atomic E-state index is -4.61. The lowest BCUT2D eigenvalue weighted by molar-refractivity contribution is -0.137. The molecule has 0 unspecified atom stereocenters. The minimum Gasteiger partial charge on any atom is -0.455 e. The number of nitrogens with one attached hydrogen (secondary N) is 2. The maximum atomic E-state index is 13.1. The first kappa shape index (κ1) is 20.5. The molecule has 3 aromatic rings. The zero-order valence-electron chi connectivity index (χ0n) is 15.0. The molecule has 1 aromatic heterocycles. The van der Waals surface area contributed by atoms with Crippen molar-refractivity contribution in [2.45, 2.75) is 13.1 Å². The Bertz CT molecular complexity index is 1070. The largest absolute Gasteiger partial charge is 0.455 e. The number of aromatic nitrogens is 1. The average molecular weight is 421 g/mol. The molecule has 1 radical (unpaired) electrons. The van der Waals surface area contributed by atoms with Gasteiger partial charge < -0.3 is 10.1 Å². The Morgan fingerprint density at radius 3 is 2.55 bits per heavy atom. The Morgan fingerprint density at radius 1 is 1.14 bits per heavy atom. The van der Waals surface area contributed by atoms with Gasteiger partial charge in [-0.1, -0.05) is 11.6 Å². The second kappa shape index (κ2) is 8.00. The smallest absolute Gasteiger partial charge is 0.417 e. The summed E-state index contributed by atoms with van der Waals surface area (Å²) < 4.78 is 45.1. The molecule has 2 aromatic carbocycles. The SMILES string of the molecule is Cc1cc(Oc2cc(C([NH])=O)ccc2Nc2ccc(Cl)c(C(F)(F)F)c2)ccn1. The van der Waals surface area contributed by atoms with Crippen LogP contribution in [0.15, 0.2) is 54.7 Å². The van der Waals surface area contributed by atoms with Gasteiger partial charge >= 0.3 is 6.18 Å². The van der Waals surface area contributed by atoms with Crippen molar-refractivity contribution in [3.63, 3.8) is 0 Å². The van der Waals surface area contributed by atoms with Gasteiger partial charge in [0.05, 0.1) is 16.3 Å². The summed E-state index contributed by atoms with van der Waals surface area (Å²) in [5.74, 6) is -0.336. The maximum absolute atomic E-state index is 13.1. The fourth-order valence-corrected chi connectivity index (χ4v) is 2.76. The predicted molar refractivity (Wildman–Crippen MR) is 103 cm³/mol. The number of nitrogens with zero attached hydrogens (tertiary/aromatic N) is 1. The first-order valence-corrected chi connectivity index (χ1v) is 8.65. The Hall–Kier alpha value is -3.26. The molecular weight excluding hydrogens is 407 g/mol. The second-order valence-electron chi connectivity index (χ2n) is 6.09. The number of ether oxygens (including phenoxy) is 1. The number of aryl methyl sites for hydroxylation is 1. The highest BCUT2D eigenvalue weighted by molar-refractivity contribution is 6.31. The van der Waals surface area contributed by atoms with Crippen molar-refractivity contribution in [1.82, 2.24) is 10.7 Å². The first-order chi connectivity index (χ1) is 13.6. The van der Waals surface area contributed by atoms with Gasteiger partial charge in [0.15, 0.2) is 5.75 Å². The van der Waals surface area contributed by atoms with E-state index < -0.39 is 22.7 Å². The summed E-state index contributed by atoms with van der Waals surface area (Å²) in [4.78, 5) is 15.5. The van der Waals surface area contributed by atoms with E-state index in [2.05, 4.69) is 10.3 Å². The van der Waals surface area contributed by atoms with E-state index in [1.807, 2.05) is 0 Å². The van der Waals surface area contributed by atoms with E-state index in [0.717, 1.165) is 12.1 Å². The molecule has 0 aliphatic heterocycles. The third-order valence-electron chi connectivity index (χ3n) is 3.89. The lowest BCUT2D eigenvalue weighted by Crippen LogP contribution is -2.07. The lowest BCUT2D eigenvalue weighted by Gasteiger charge is -2.16. The molecule has 0 atom stereocenters. The molecule has 29 heavy (non-hydrogen) atoms. The van der Waals surface area contributed by atoms with Crippen LogP contribution in [0, 0.1) is 6.92 Å². The van der Waals surface area contributed by atoms with Crippen LogP contribution in [-0.4, -0.2) is 10.9 Å². The number of pyridine rings is 1. The number of carbonyl (C=O) groups is 1. The molecule has 1 amide bonds. The average Bonchev–Trinajstić information content (AvgIpc) is 2.63. The molecule has 5 nitrogen and oxygen atoms in total. The quantitative estimate of drug-likeness (QED) is 0.547. The van der Waals surface area contributed by atoms with Crippen LogP contribution in [0.5, 0.6) is 11.5 Å². The zero-order chi connectivity index (χ0) is 21.2. The third kappa shape index (κ3) is 4.97. The van der Waals surface area contributed by atoms with Crippen molar-refractivity contribution in [2.75, 3.05) is 5.32 Å². The molecule has 0 aliphatic rings. The van der Waals surface area contributed by atoms with Crippen molar-refractivity contribution in [1.29, 1.82) is 0 Å². The number of rotatable bonds is 5. The van der Waals surface area contributed by atoms with Crippen molar-refractivity contribution in [2.24, 2.45) is 0 Å². The number of benzene rings is 2. The van der Waals surface area contributed by atoms with Gasteiger partial charge in [-0.25, -0.2) is 0 Å². The molecule has 1 heterocycles. The molecule has 0 saturated heterocycles. The molecule has 0 fully saturated rings. The zero-order valence-corrected chi connectivity index (χ0v) is 15.7. The summed E-state index contributed by atoms with van der Waals surface area (Å²) in [5, 5.41) is 2.43. The molecule has 2 N–H and O–H groups in total.